The molecule has 5 rings (SSSR count). The van der Waals surface area contributed by atoms with Crippen LogP contribution < -0.4 is 5.32 Å². The van der Waals surface area contributed by atoms with Gasteiger partial charge in [0.05, 0.1) is 25.6 Å². The fourth-order valence-electron chi connectivity index (χ4n) is 5.72. The summed E-state index contributed by atoms with van der Waals surface area (Å²) in [6, 6.07) is 17.5. The van der Waals surface area contributed by atoms with Crippen molar-refractivity contribution in [2.45, 2.75) is 50.2 Å². The standard InChI is InChI=1S/C31H32F2N2O4/c32-25-11-8-21(9-12-25)17-22-5-1-2-6-23(22)19-29(37)34-28-7-3-4-14-31(28)20-35(15-16-39-31)30(38)24-10-13-27(36)26(33)18-24/h1-2,5-6,8-13,18,28,36H,3-4,7,14-17,19-20H2,(H,34,37)/t28-,31+/m0/s1. The average Bonchev–Trinajstić information content (AvgIpc) is 2.93. The first kappa shape index (κ1) is 26.8. The number of rotatable bonds is 6. The molecular formula is C31H32F2N2O4. The van der Waals surface area contributed by atoms with E-state index in [1.807, 2.05) is 24.3 Å². The molecule has 0 radical (unpaired) electrons. The van der Waals surface area contributed by atoms with E-state index in [1.165, 1.54) is 24.3 Å². The predicted molar refractivity (Wildman–Crippen MR) is 142 cm³/mol. The predicted octanol–water partition coefficient (Wildman–Crippen LogP) is 4.77. The van der Waals surface area contributed by atoms with Crippen LogP contribution in [0.3, 0.4) is 0 Å². The molecule has 0 aromatic heterocycles. The minimum Gasteiger partial charge on any atom is -0.505 e. The minimum absolute atomic E-state index is 0.125. The lowest BCUT2D eigenvalue weighted by Crippen LogP contribution is -2.65. The van der Waals surface area contributed by atoms with E-state index in [0.717, 1.165) is 42.0 Å². The van der Waals surface area contributed by atoms with Gasteiger partial charge in [0.25, 0.3) is 5.91 Å². The molecule has 6 nitrogen and oxygen atoms in total. The summed E-state index contributed by atoms with van der Waals surface area (Å²) >= 11 is 0. The number of phenolic OH excluding ortho intramolecular Hbond substituents is 1. The molecule has 3 aromatic carbocycles. The zero-order valence-electron chi connectivity index (χ0n) is 21.7. The maximum Gasteiger partial charge on any atom is 0.254 e. The van der Waals surface area contributed by atoms with Crippen molar-refractivity contribution >= 4 is 11.8 Å². The molecule has 8 heteroatoms. The van der Waals surface area contributed by atoms with Crippen molar-refractivity contribution in [1.82, 2.24) is 10.2 Å². The summed E-state index contributed by atoms with van der Waals surface area (Å²) in [5, 5.41) is 12.7. The first-order valence-corrected chi connectivity index (χ1v) is 13.4. The van der Waals surface area contributed by atoms with Crippen LogP contribution in [0.25, 0.3) is 0 Å². The largest absolute Gasteiger partial charge is 0.505 e. The van der Waals surface area contributed by atoms with Crippen molar-refractivity contribution < 1.29 is 28.2 Å². The zero-order chi connectivity index (χ0) is 27.4. The maximum absolute atomic E-state index is 13.9. The summed E-state index contributed by atoms with van der Waals surface area (Å²) in [6.07, 6.45) is 4.08. The van der Waals surface area contributed by atoms with E-state index in [-0.39, 0.29) is 35.7 Å². The Bertz CT molecular complexity index is 1340. The van der Waals surface area contributed by atoms with Gasteiger partial charge >= 0.3 is 0 Å². The van der Waals surface area contributed by atoms with Crippen molar-refractivity contribution in [2.24, 2.45) is 0 Å². The Balaban J connectivity index is 1.28. The van der Waals surface area contributed by atoms with Crippen LogP contribution in [0.15, 0.2) is 66.7 Å². The van der Waals surface area contributed by atoms with Crippen molar-refractivity contribution in [3.63, 3.8) is 0 Å². The van der Waals surface area contributed by atoms with Crippen LogP contribution in [0.5, 0.6) is 5.75 Å². The van der Waals surface area contributed by atoms with Gasteiger partial charge in [-0.05, 0) is 66.3 Å². The molecule has 0 bridgehead atoms. The monoisotopic (exact) mass is 534 g/mol. The number of nitrogens with zero attached hydrogens (tertiary/aromatic N) is 1. The van der Waals surface area contributed by atoms with E-state index in [9.17, 15) is 23.5 Å². The second-order valence-corrected chi connectivity index (χ2v) is 10.4. The molecule has 204 valence electrons. The van der Waals surface area contributed by atoms with Gasteiger partial charge in [-0.3, -0.25) is 9.59 Å². The van der Waals surface area contributed by atoms with Crippen LogP contribution in [-0.4, -0.2) is 53.2 Å². The lowest BCUT2D eigenvalue weighted by atomic mass is 9.78. The molecule has 1 aliphatic carbocycles. The highest BCUT2D eigenvalue weighted by Gasteiger charge is 2.47. The Morgan fingerprint density at radius 2 is 1.79 bits per heavy atom. The highest BCUT2D eigenvalue weighted by atomic mass is 19.1. The first-order valence-electron chi connectivity index (χ1n) is 13.4. The molecule has 1 saturated carbocycles. The third kappa shape index (κ3) is 6.11. The van der Waals surface area contributed by atoms with Crippen molar-refractivity contribution in [1.29, 1.82) is 0 Å². The number of carbonyl (C=O) groups excluding carboxylic acids is 2. The van der Waals surface area contributed by atoms with Gasteiger partial charge in [0.2, 0.25) is 5.91 Å². The highest BCUT2D eigenvalue weighted by Crippen LogP contribution is 2.35. The van der Waals surface area contributed by atoms with Gasteiger partial charge in [-0.25, -0.2) is 8.78 Å². The molecule has 2 atom stereocenters. The zero-order valence-corrected chi connectivity index (χ0v) is 21.7. The Morgan fingerprint density at radius 1 is 1.03 bits per heavy atom. The molecular weight excluding hydrogens is 502 g/mol. The first-order chi connectivity index (χ1) is 18.8. The summed E-state index contributed by atoms with van der Waals surface area (Å²) in [5.41, 5.74) is 2.32. The van der Waals surface area contributed by atoms with Gasteiger partial charge in [-0.15, -0.1) is 0 Å². The number of benzene rings is 3. The number of carbonyl (C=O) groups is 2. The average molecular weight is 535 g/mol. The number of ether oxygens (including phenoxy) is 1. The number of hydrogen-bond acceptors (Lipinski definition) is 4. The smallest absolute Gasteiger partial charge is 0.254 e. The van der Waals surface area contributed by atoms with Crippen molar-refractivity contribution in [3.8, 4) is 5.75 Å². The molecule has 2 amide bonds. The number of nitrogens with one attached hydrogen (secondary N) is 1. The van der Waals surface area contributed by atoms with Crippen LogP contribution in [0, 0.1) is 11.6 Å². The second kappa shape index (κ2) is 11.5. The Kier molecular flexibility index (Phi) is 7.93. The third-order valence-electron chi connectivity index (χ3n) is 7.78. The molecule has 0 unspecified atom stereocenters. The number of amides is 2. The van der Waals surface area contributed by atoms with E-state index in [0.29, 0.717) is 32.5 Å². The highest BCUT2D eigenvalue weighted by molar-refractivity contribution is 5.94. The minimum atomic E-state index is -0.841. The number of aromatic hydroxyl groups is 1. The summed E-state index contributed by atoms with van der Waals surface area (Å²) in [7, 11) is 0. The third-order valence-corrected chi connectivity index (χ3v) is 7.78. The lowest BCUT2D eigenvalue weighted by Gasteiger charge is -2.49. The van der Waals surface area contributed by atoms with Crippen LogP contribution in [-0.2, 0) is 22.4 Å². The van der Waals surface area contributed by atoms with E-state index in [2.05, 4.69) is 5.32 Å². The fraction of sp³-hybridized carbons (Fsp3) is 0.355. The molecule has 2 N–H and O–H groups in total. The quantitative estimate of drug-likeness (QED) is 0.478. The molecule has 1 spiro atoms. The van der Waals surface area contributed by atoms with Gasteiger partial charge < -0.3 is 20.1 Å². The number of morpholine rings is 1. The van der Waals surface area contributed by atoms with Gasteiger partial charge in [-0.1, -0.05) is 49.2 Å². The van der Waals surface area contributed by atoms with E-state index in [1.54, 1.807) is 17.0 Å². The Hall–Kier alpha value is -3.78. The molecule has 1 heterocycles. The maximum atomic E-state index is 13.9. The normalized spacial score (nSPS) is 21.1. The second-order valence-electron chi connectivity index (χ2n) is 10.4. The topological polar surface area (TPSA) is 78.9 Å². The van der Waals surface area contributed by atoms with E-state index in [4.69, 9.17) is 4.74 Å². The fourth-order valence-corrected chi connectivity index (χ4v) is 5.72. The van der Waals surface area contributed by atoms with Gasteiger partial charge in [0.15, 0.2) is 11.6 Å². The van der Waals surface area contributed by atoms with Crippen molar-refractivity contribution in [3.05, 3.63) is 101 Å². The molecule has 1 saturated heterocycles. The SMILES string of the molecule is O=C(Cc1ccccc1Cc1ccc(F)cc1)N[C@H]1CCCC[C@@]12CN(C(=O)c1ccc(O)c(F)c1)CCO2. The van der Waals surface area contributed by atoms with Crippen LogP contribution in [0.1, 0.15) is 52.7 Å². The van der Waals surface area contributed by atoms with Gasteiger partial charge in [0.1, 0.15) is 11.4 Å². The Morgan fingerprint density at radius 3 is 2.56 bits per heavy atom. The number of halogens is 2. The van der Waals surface area contributed by atoms with Crippen molar-refractivity contribution in [2.75, 3.05) is 19.7 Å². The van der Waals surface area contributed by atoms with E-state index < -0.39 is 17.2 Å². The van der Waals surface area contributed by atoms with Gasteiger partial charge in [-0.2, -0.15) is 0 Å². The molecule has 2 aliphatic rings. The Labute approximate surface area is 226 Å². The number of hydrogen-bond donors (Lipinski definition) is 2. The lowest BCUT2D eigenvalue weighted by molar-refractivity contribution is -0.144. The van der Waals surface area contributed by atoms with Crippen LogP contribution in [0.2, 0.25) is 0 Å². The van der Waals surface area contributed by atoms with Crippen LogP contribution >= 0.6 is 0 Å². The van der Waals surface area contributed by atoms with Crippen LogP contribution in [0.4, 0.5) is 8.78 Å². The molecule has 3 aromatic rings. The van der Waals surface area contributed by atoms with E-state index >= 15 is 0 Å². The molecule has 2 fully saturated rings. The molecule has 39 heavy (non-hydrogen) atoms. The molecule has 1 aliphatic heterocycles. The summed E-state index contributed by atoms with van der Waals surface area (Å²) in [6.45, 7) is 0.972. The summed E-state index contributed by atoms with van der Waals surface area (Å²) < 4.78 is 33.5. The number of phenols is 1. The van der Waals surface area contributed by atoms with Gasteiger partial charge in [0, 0.05) is 12.1 Å². The summed E-state index contributed by atoms with van der Waals surface area (Å²) in [4.78, 5) is 28.1. The summed E-state index contributed by atoms with van der Waals surface area (Å²) in [5.74, 6) is -2.08.